The van der Waals surface area contributed by atoms with Crippen LogP contribution in [-0.4, -0.2) is 19.1 Å². The van der Waals surface area contributed by atoms with E-state index in [1.807, 2.05) is 18.2 Å². The first-order valence-electron chi connectivity index (χ1n) is 5.03. The third-order valence-electron chi connectivity index (χ3n) is 2.35. The van der Waals surface area contributed by atoms with E-state index in [1.54, 1.807) is 0 Å². The van der Waals surface area contributed by atoms with Gasteiger partial charge in [-0.15, -0.1) is 0 Å². The van der Waals surface area contributed by atoms with Crippen LogP contribution in [-0.2, 0) is 4.79 Å². The van der Waals surface area contributed by atoms with Gasteiger partial charge in [-0.05, 0) is 17.7 Å². The van der Waals surface area contributed by atoms with Gasteiger partial charge in [-0.2, -0.15) is 12.6 Å². The molecule has 0 fully saturated rings. The smallest absolute Gasteiger partial charge is 0.218 e. The second-order valence-electron chi connectivity index (χ2n) is 3.59. The topological polar surface area (TPSA) is 61.6 Å². The van der Waals surface area contributed by atoms with Gasteiger partial charge in [0, 0.05) is 11.7 Å². The molecule has 16 heavy (non-hydrogen) atoms. The number of carbonyl (C=O) groups is 1. The number of hydrogen-bond donors (Lipinski definition) is 2. The van der Waals surface area contributed by atoms with E-state index in [9.17, 15) is 4.79 Å². The molecule has 0 spiro atoms. The number of primary amides is 1. The number of amides is 1. The molecule has 1 aromatic carbocycles. The Morgan fingerprint density at radius 1 is 1.38 bits per heavy atom. The Labute approximate surface area is 99.1 Å². The molecule has 1 heterocycles. The molecule has 1 aliphatic rings. The highest BCUT2D eigenvalue weighted by Gasteiger charge is 2.15. The number of thiol groups is 1. The van der Waals surface area contributed by atoms with Crippen LogP contribution >= 0.6 is 12.6 Å². The lowest BCUT2D eigenvalue weighted by Crippen LogP contribution is -2.16. The zero-order chi connectivity index (χ0) is 11.5. The summed E-state index contributed by atoms with van der Waals surface area (Å²) >= 11 is 4.33. The molecule has 0 saturated heterocycles. The maximum Gasteiger partial charge on any atom is 0.218 e. The van der Waals surface area contributed by atoms with Gasteiger partial charge in [0.05, 0.1) is 0 Å². The van der Waals surface area contributed by atoms with Crippen molar-refractivity contribution < 1.29 is 14.3 Å². The van der Waals surface area contributed by atoms with E-state index < -0.39 is 0 Å². The van der Waals surface area contributed by atoms with Crippen molar-refractivity contribution in [2.75, 3.05) is 13.2 Å². The largest absolute Gasteiger partial charge is 0.486 e. The molecule has 0 radical (unpaired) electrons. The third-order valence-corrected chi connectivity index (χ3v) is 2.83. The first-order chi connectivity index (χ1) is 7.66. The van der Waals surface area contributed by atoms with Gasteiger partial charge < -0.3 is 15.2 Å². The third kappa shape index (κ3) is 2.41. The molecule has 2 rings (SSSR count). The summed E-state index contributed by atoms with van der Waals surface area (Å²) in [5.74, 6) is 1.07. The first-order valence-corrected chi connectivity index (χ1v) is 5.54. The summed E-state index contributed by atoms with van der Waals surface area (Å²) in [5, 5.41) is -0.201. The van der Waals surface area contributed by atoms with Crippen LogP contribution in [0.4, 0.5) is 0 Å². The summed E-state index contributed by atoms with van der Waals surface area (Å²) in [6, 6.07) is 5.54. The fourth-order valence-electron chi connectivity index (χ4n) is 1.58. The normalized spacial score (nSPS) is 15.6. The van der Waals surface area contributed by atoms with Crippen LogP contribution in [0, 0.1) is 0 Å². The molecule has 5 heteroatoms. The molecule has 0 aliphatic carbocycles. The van der Waals surface area contributed by atoms with Crippen molar-refractivity contribution >= 4 is 18.5 Å². The number of fused-ring (bicyclic) bond motifs is 1. The molecule has 0 aromatic heterocycles. The van der Waals surface area contributed by atoms with Crippen molar-refractivity contribution in [3.63, 3.8) is 0 Å². The summed E-state index contributed by atoms with van der Waals surface area (Å²) in [6.07, 6.45) is 0.211. The summed E-state index contributed by atoms with van der Waals surface area (Å²) in [7, 11) is 0. The Morgan fingerprint density at radius 2 is 2.06 bits per heavy atom. The molecule has 1 amide bonds. The van der Waals surface area contributed by atoms with Gasteiger partial charge in [0.15, 0.2) is 11.5 Å². The van der Waals surface area contributed by atoms with Gasteiger partial charge in [0.25, 0.3) is 0 Å². The van der Waals surface area contributed by atoms with Crippen molar-refractivity contribution in [3.05, 3.63) is 23.8 Å². The monoisotopic (exact) mass is 239 g/mol. The lowest BCUT2D eigenvalue weighted by atomic mass is 10.1. The van der Waals surface area contributed by atoms with Crippen molar-refractivity contribution in [3.8, 4) is 11.5 Å². The lowest BCUT2D eigenvalue weighted by molar-refractivity contribution is -0.118. The molecular formula is C11H13NO3S. The fourth-order valence-corrected chi connectivity index (χ4v) is 1.92. The molecule has 1 aromatic rings. The van der Waals surface area contributed by atoms with Crippen molar-refractivity contribution in [2.24, 2.45) is 5.73 Å². The molecule has 1 unspecified atom stereocenters. The van der Waals surface area contributed by atoms with Gasteiger partial charge in [-0.25, -0.2) is 0 Å². The molecule has 2 N–H and O–H groups in total. The van der Waals surface area contributed by atoms with Crippen LogP contribution in [0.25, 0.3) is 0 Å². The van der Waals surface area contributed by atoms with Crippen LogP contribution in [0.3, 0.4) is 0 Å². The average molecular weight is 239 g/mol. The van der Waals surface area contributed by atoms with E-state index in [0.29, 0.717) is 19.0 Å². The Morgan fingerprint density at radius 3 is 2.75 bits per heavy atom. The number of ether oxygens (including phenoxy) is 2. The van der Waals surface area contributed by atoms with E-state index in [-0.39, 0.29) is 17.6 Å². The molecular weight excluding hydrogens is 226 g/mol. The Hall–Kier alpha value is -1.36. The SMILES string of the molecule is NC(=O)CC(S)c1ccc2c(c1)OCCO2. The fraction of sp³-hybridized carbons (Fsp3) is 0.364. The molecule has 1 atom stereocenters. The minimum Gasteiger partial charge on any atom is -0.486 e. The second-order valence-corrected chi connectivity index (χ2v) is 4.21. The quantitative estimate of drug-likeness (QED) is 0.782. The van der Waals surface area contributed by atoms with Crippen LogP contribution in [0.15, 0.2) is 18.2 Å². The average Bonchev–Trinajstić information content (AvgIpc) is 2.27. The van der Waals surface area contributed by atoms with Crippen LogP contribution in [0.1, 0.15) is 17.2 Å². The number of rotatable bonds is 3. The van der Waals surface area contributed by atoms with Gasteiger partial charge >= 0.3 is 0 Å². The first kappa shape index (κ1) is 11.1. The van der Waals surface area contributed by atoms with E-state index in [2.05, 4.69) is 12.6 Å². The van der Waals surface area contributed by atoms with Crippen molar-refractivity contribution in [2.45, 2.75) is 11.7 Å². The van der Waals surface area contributed by atoms with Gasteiger partial charge in [-0.3, -0.25) is 4.79 Å². The number of benzene rings is 1. The zero-order valence-electron chi connectivity index (χ0n) is 8.68. The highest BCUT2D eigenvalue weighted by atomic mass is 32.1. The Bertz CT molecular complexity index is 408. The van der Waals surface area contributed by atoms with Gasteiger partial charge in [0.2, 0.25) is 5.91 Å². The van der Waals surface area contributed by atoms with Crippen LogP contribution < -0.4 is 15.2 Å². The summed E-state index contributed by atoms with van der Waals surface area (Å²) in [4.78, 5) is 10.8. The van der Waals surface area contributed by atoms with Gasteiger partial charge in [0.1, 0.15) is 13.2 Å². The van der Waals surface area contributed by atoms with Crippen LogP contribution in [0.5, 0.6) is 11.5 Å². The second kappa shape index (κ2) is 4.65. The zero-order valence-corrected chi connectivity index (χ0v) is 9.57. The van der Waals surface area contributed by atoms with E-state index in [4.69, 9.17) is 15.2 Å². The molecule has 4 nitrogen and oxygen atoms in total. The maximum atomic E-state index is 10.8. The predicted molar refractivity (Wildman–Crippen MR) is 63.0 cm³/mol. The van der Waals surface area contributed by atoms with Crippen molar-refractivity contribution in [1.29, 1.82) is 0 Å². The maximum absolute atomic E-state index is 10.8. The van der Waals surface area contributed by atoms with E-state index in [1.165, 1.54) is 0 Å². The standard InChI is InChI=1S/C11H13NO3S/c12-11(13)6-10(16)7-1-2-8-9(5-7)15-4-3-14-8/h1-2,5,10,16H,3-4,6H2,(H2,12,13). The number of nitrogens with two attached hydrogens (primary N) is 1. The summed E-state index contributed by atoms with van der Waals surface area (Å²) < 4.78 is 10.8. The minimum atomic E-state index is -0.366. The van der Waals surface area contributed by atoms with E-state index in [0.717, 1.165) is 11.3 Å². The molecule has 0 bridgehead atoms. The number of hydrogen-bond acceptors (Lipinski definition) is 4. The number of carbonyl (C=O) groups excluding carboxylic acids is 1. The predicted octanol–water partition coefficient (Wildman–Crippen LogP) is 1.30. The summed E-state index contributed by atoms with van der Waals surface area (Å²) in [6.45, 7) is 1.11. The molecule has 86 valence electrons. The minimum absolute atomic E-state index is 0.201. The Balaban J connectivity index is 2.19. The highest BCUT2D eigenvalue weighted by molar-refractivity contribution is 7.80. The van der Waals surface area contributed by atoms with Gasteiger partial charge in [-0.1, -0.05) is 6.07 Å². The lowest BCUT2D eigenvalue weighted by Gasteiger charge is -2.20. The Kier molecular flexibility index (Phi) is 3.24. The summed E-state index contributed by atoms with van der Waals surface area (Å²) in [5.41, 5.74) is 6.03. The highest BCUT2D eigenvalue weighted by Crippen LogP contribution is 2.34. The van der Waals surface area contributed by atoms with Crippen molar-refractivity contribution in [1.82, 2.24) is 0 Å². The van der Waals surface area contributed by atoms with E-state index >= 15 is 0 Å². The molecule has 0 saturated carbocycles. The van der Waals surface area contributed by atoms with Crippen LogP contribution in [0.2, 0.25) is 0 Å². The molecule has 1 aliphatic heterocycles.